The molecule has 2 rings (SSSR count). The molecule has 2 aromatic carbocycles. The van der Waals surface area contributed by atoms with Gasteiger partial charge in [-0.3, -0.25) is 0 Å². The van der Waals surface area contributed by atoms with Gasteiger partial charge in [-0.25, -0.2) is 13.7 Å². The van der Waals surface area contributed by atoms with Gasteiger partial charge in [0.05, 0.1) is 0 Å². The Balaban J connectivity index is 2.32. The average molecular weight is 438 g/mol. The Morgan fingerprint density at radius 3 is 1.37 bits per heavy atom. The van der Waals surface area contributed by atoms with Crippen LogP contribution < -0.4 is 9.05 Å². The van der Waals surface area contributed by atoms with E-state index in [-0.39, 0.29) is 11.5 Å². The minimum Gasteiger partial charge on any atom is -0.395 e. The highest BCUT2D eigenvalue weighted by molar-refractivity contribution is 7.67. The highest BCUT2D eigenvalue weighted by atomic mass is 31.3. The van der Waals surface area contributed by atoms with Crippen molar-refractivity contribution < 1.29 is 46.0 Å². The molecule has 0 bridgehead atoms. The molecule has 0 spiro atoms. The molecule has 0 heterocycles. The molecule has 1 atom stereocenters. The van der Waals surface area contributed by atoms with Crippen molar-refractivity contribution in [3.05, 3.63) is 59.7 Å². The van der Waals surface area contributed by atoms with Crippen LogP contribution >= 0.6 is 23.5 Å². The van der Waals surface area contributed by atoms with Crippen molar-refractivity contribution in [1.29, 1.82) is 0 Å². The third-order valence-corrected chi connectivity index (χ3v) is 7.06. The van der Waals surface area contributed by atoms with Gasteiger partial charge in [-0.05, 0) is 38.1 Å². The Hall–Kier alpha value is -1.47. The quantitative estimate of drug-likeness (QED) is 0.514. The molecule has 10 nitrogen and oxygen atoms in total. The standard InChI is InChI=1S/C14H17O10P3/c1-11-3-7-13(8-4-11)21-27(20,22-14-9-5-12(2)6-10-14)24-26(18,19)23-25(15,16)17/h3-10H,1-2H3,(H,18,19)(H2,15,16,17). The van der Waals surface area contributed by atoms with Crippen LogP contribution in [0.3, 0.4) is 0 Å². The lowest BCUT2D eigenvalue weighted by Crippen LogP contribution is -2.05. The van der Waals surface area contributed by atoms with E-state index >= 15 is 0 Å². The van der Waals surface area contributed by atoms with Gasteiger partial charge in [0.15, 0.2) is 0 Å². The molecule has 1 unspecified atom stereocenters. The molecule has 27 heavy (non-hydrogen) atoms. The molecular formula is C14H17O10P3. The normalized spacial score (nSPS) is 14.4. The van der Waals surface area contributed by atoms with E-state index in [1.807, 2.05) is 0 Å². The highest BCUT2D eigenvalue weighted by Gasteiger charge is 2.45. The van der Waals surface area contributed by atoms with Crippen LogP contribution in [0, 0.1) is 13.8 Å². The summed E-state index contributed by atoms with van der Waals surface area (Å²) < 4.78 is 53.7. The van der Waals surface area contributed by atoms with Crippen molar-refractivity contribution in [2.75, 3.05) is 0 Å². The second-order valence-electron chi connectivity index (χ2n) is 5.38. The number of hydrogen-bond acceptors (Lipinski definition) is 7. The summed E-state index contributed by atoms with van der Waals surface area (Å²) in [5.41, 5.74) is 1.71. The number of phosphoric ester groups is 1. The average Bonchev–Trinajstić information content (AvgIpc) is 2.48. The van der Waals surface area contributed by atoms with Crippen LogP contribution in [-0.2, 0) is 22.3 Å². The van der Waals surface area contributed by atoms with Crippen LogP contribution in [0.4, 0.5) is 0 Å². The van der Waals surface area contributed by atoms with E-state index in [0.29, 0.717) is 0 Å². The first-order valence-electron chi connectivity index (χ1n) is 7.29. The Morgan fingerprint density at radius 1 is 0.667 bits per heavy atom. The molecule has 13 heteroatoms. The predicted molar refractivity (Wildman–Crippen MR) is 95.3 cm³/mol. The summed E-state index contributed by atoms with van der Waals surface area (Å²) in [4.78, 5) is 26.9. The maximum absolute atomic E-state index is 12.9. The zero-order valence-electron chi connectivity index (χ0n) is 14.2. The molecule has 2 aromatic rings. The monoisotopic (exact) mass is 438 g/mol. The lowest BCUT2D eigenvalue weighted by atomic mass is 10.2. The molecule has 0 saturated carbocycles. The summed E-state index contributed by atoms with van der Waals surface area (Å²) in [5, 5.41) is 0. The van der Waals surface area contributed by atoms with Gasteiger partial charge in [-0.1, -0.05) is 35.4 Å². The SMILES string of the molecule is Cc1ccc(OP(=O)(Oc2ccc(C)cc2)OP(=O)(O)OP(=O)(O)O)cc1. The molecule has 3 N–H and O–H groups in total. The van der Waals surface area contributed by atoms with Gasteiger partial charge in [-0.2, -0.15) is 8.62 Å². The fourth-order valence-corrected chi connectivity index (χ4v) is 5.32. The fourth-order valence-electron chi connectivity index (χ4n) is 1.78. The van der Waals surface area contributed by atoms with E-state index in [0.717, 1.165) is 11.1 Å². The molecule has 0 fully saturated rings. The first-order valence-corrected chi connectivity index (χ1v) is 11.8. The molecule has 0 aromatic heterocycles. The predicted octanol–water partition coefficient (Wildman–Crippen LogP) is 4.10. The lowest BCUT2D eigenvalue weighted by Gasteiger charge is -2.21. The Bertz CT molecular complexity index is 868. The smallest absolute Gasteiger partial charge is 0.395 e. The van der Waals surface area contributed by atoms with Gasteiger partial charge in [0.25, 0.3) is 0 Å². The zero-order valence-corrected chi connectivity index (χ0v) is 16.8. The lowest BCUT2D eigenvalue weighted by molar-refractivity contribution is 0.209. The van der Waals surface area contributed by atoms with Crippen LogP contribution in [0.25, 0.3) is 0 Å². The summed E-state index contributed by atoms with van der Waals surface area (Å²) in [6, 6.07) is 12.0. The summed E-state index contributed by atoms with van der Waals surface area (Å²) in [6.45, 7) is 3.58. The topological polar surface area (TPSA) is 149 Å². The van der Waals surface area contributed by atoms with Crippen LogP contribution in [-0.4, -0.2) is 14.7 Å². The van der Waals surface area contributed by atoms with E-state index in [4.69, 9.17) is 18.8 Å². The van der Waals surface area contributed by atoms with Crippen molar-refractivity contribution in [3.8, 4) is 11.5 Å². The fraction of sp³-hybridized carbons (Fsp3) is 0.143. The molecule has 0 aliphatic carbocycles. The number of phosphoric acid groups is 3. The first-order chi connectivity index (χ1) is 12.4. The van der Waals surface area contributed by atoms with Crippen molar-refractivity contribution >= 4 is 23.5 Å². The number of benzene rings is 2. The summed E-state index contributed by atoms with van der Waals surface area (Å²) in [5.74, 6) is -0.0700. The molecule has 0 aliphatic heterocycles. The van der Waals surface area contributed by atoms with Gasteiger partial charge < -0.3 is 23.7 Å². The van der Waals surface area contributed by atoms with E-state index in [1.165, 1.54) is 24.3 Å². The first kappa shape index (κ1) is 21.8. The van der Waals surface area contributed by atoms with Crippen LogP contribution in [0.1, 0.15) is 11.1 Å². The van der Waals surface area contributed by atoms with Gasteiger partial charge in [-0.15, -0.1) is 0 Å². The third-order valence-electron chi connectivity index (χ3n) is 2.89. The molecule has 148 valence electrons. The summed E-state index contributed by atoms with van der Waals surface area (Å²) >= 11 is 0. The van der Waals surface area contributed by atoms with Crippen molar-refractivity contribution in [2.24, 2.45) is 0 Å². The maximum atomic E-state index is 12.9. The second-order valence-corrected chi connectivity index (χ2v) is 9.86. The van der Waals surface area contributed by atoms with Crippen molar-refractivity contribution in [2.45, 2.75) is 13.8 Å². The highest BCUT2D eigenvalue weighted by Crippen LogP contribution is 2.67. The molecule has 0 aliphatic rings. The Morgan fingerprint density at radius 2 is 1.04 bits per heavy atom. The van der Waals surface area contributed by atoms with E-state index < -0.39 is 23.5 Å². The number of hydrogen-bond donors (Lipinski definition) is 3. The van der Waals surface area contributed by atoms with Gasteiger partial charge >= 0.3 is 23.5 Å². The number of rotatable bonds is 8. The minimum absolute atomic E-state index is 0.0350. The Labute approximate surface area is 155 Å². The van der Waals surface area contributed by atoms with E-state index in [1.54, 1.807) is 38.1 Å². The molecule has 0 amide bonds. The molecular weight excluding hydrogens is 421 g/mol. The van der Waals surface area contributed by atoms with Gasteiger partial charge in [0.1, 0.15) is 11.5 Å². The maximum Gasteiger partial charge on any atom is 0.596 e. The van der Waals surface area contributed by atoms with Crippen molar-refractivity contribution in [1.82, 2.24) is 0 Å². The molecule has 0 saturated heterocycles. The Kier molecular flexibility index (Phi) is 6.68. The zero-order chi connectivity index (χ0) is 20.3. The summed E-state index contributed by atoms with van der Waals surface area (Å²) in [7, 11) is -15.8. The number of aryl methyl sites for hydroxylation is 2. The van der Waals surface area contributed by atoms with Gasteiger partial charge in [0.2, 0.25) is 0 Å². The van der Waals surface area contributed by atoms with Gasteiger partial charge in [0, 0.05) is 0 Å². The van der Waals surface area contributed by atoms with Crippen LogP contribution in [0.15, 0.2) is 48.5 Å². The molecule has 0 radical (unpaired) electrons. The van der Waals surface area contributed by atoms with Crippen LogP contribution in [0.2, 0.25) is 0 Å². The third kappa shape index (κ3) is 7.58. The largest absolute Gasteiger partial charge is 0.596 e. The summed E-state index contributed by atoms with van der Waals surface area (Å²) in [6.07, 6.45) is 0. The van der Waals surface area contributed by atoms with E-state index in [2.05, 4.69) is 8.62 Å². The second kappa shape index (κ2) is 8.27. The van der Waals surface area contributed by atoms with Crippen LogP contribution in [0.5, 0.6) is 11.5 Å². The van der Waals surface area contributed by atoms with E-state index in [9.17, 15) is 18.6 Å². The minimum atomic E-state index is -5.50. The van der Waals surface area contributed by atoms with Crippen molar-refractivity contribution in [3.63, 3.8) is 0 Å².